The maximum Gasteiger partial charge on any atom is 0.258 e. The summed E-state index contributed by atoms with van der Waals surface area (Å²) in [5.74, 6) is 0.0387. The second-order valence-electron chi connectivity index (χ2n) is 4.15. The predicted octanol–water partition coefficient (Wildman–Crippen LogP) is 3.61. The molecule has 0 atom stereocenters. The molecule has 5 nitrogen and oxygen atoms in total. The van der Waals surface area contributed by atoms with Gasteiger partial charge in [0, 0.05) is 16.9 Å². The van der Waals surface area contributed by atoms with Gasteiger partial charge in [0.1, 0.15) is 0 Å². The second kappa shape index (κ2) is 6.15. The third-order valence-electron chi connectivity index (χ3n) is 2.58. The van der Waals surface area contributed by atoms with E-state index in [0.717, 1.165) is 0 Å². The van der Waals surface area contributed by atoms with Crippen molar-refractivity contribution >= 4 is 46.2 Å². The van der Waals surface area contributed by atoms with Crippen molar-refractivity contribution in [1.29, 1.82) is 0 Å². The van der Waals surface area contributed by atoms with E-state index in [9.17, 15) is 4.79 Å². The van der Waals surface area contributed by atoms with Gasteiger partial charge in [-0.05, 0) is 30.3 Å². The Morgan fingerprint density at radius 2 is 2.24 bits per heavy atom. The normalized spacial score (nSPS) is 10.7. The summed E-state index contributed by atoms with van der Waals surface area (Å²) in [5.41, 5.74) is 1.80. The fourth-order valence-electron chi connectivity index (χ4n) is 1.70. The van der Waals surface area contributed by atoms with Crippen LogP contribution in [0.5, 0.6) is 0 Å². The van der Waals surface area contributed by atoms with Crippen molar-refractivity contribution in [2.75, 3.05) is 11.1 Å². The molecule has 0 aliphatic heterocycles. The highest BCUT2D eigenvalue weighted by molar-refractivity contribution is 7.99. The molecule has 0 aliphatic rings. The number of fused-ring (bicyclic) bond motifs is 1. The minimum Gasteiger partial charge on any atom is -0.430 e. The summed E-state index contributed by atoms with van der Waals surface area (Å²) in [4.78, 5) is 20.1. The molecule has 3 rings (SSSR count). The molecule has 0 aliphatic carbocycles. The first-order valence-corrected chi connectivity index (χ1v) is 7.47. The Balaban J connectivity index is 1.60. The van der Waals surface area contributed by atoms with Gasteiger partial charge in [-0.25, -0.2) is 4.98 Å². The van der Waals surface area contributed by atoms with Crippen LogP contribution >= 0.6 is 23.4 Å². The van der Waals surface area contributed by atoms with Crippen molar-refractivity contribution in [2.24, 2.45) is 0 Å². The van der Waals surface area contributed by atoms with Crippen LogP contribution in [0.15, 0.2) is 52.2 Å². The van der Waals surface area contributed by atoms with Crippen LogP contribution in [0.1, 0.15) is 0 Å². The summed E-state index contributed by atoms with van der Waals surface area (Å²) >= 11 is 7.07. The van der Waals surface area contributed by atoms with E-state index in [2.05, 4.69) is 15.3 Å². The Morgan fingerprint density at radius 3 is 3.05 bits per heavy atom. The van der Waals surface area contributed by atoms with Crippen LogP contribution in [0.2, 0.25) is 5.02 Å². The van der Waals surface area contributed by atoms with Crippen molar-refractivity contribution in [2.45, 2.75) is 5.22 Å². The van der Waals surface area contributed by atoms with Gasteiger partial charge in [0.25, 0.3) is 5.22 Å². The zero-order chi connectivity index (χ0) is 14.7. The molecule has 2 aromatic heterocycles. The van der Waals surface area contributed by atoms with Crippen LogP contribution in [0.25, 0.3) is 11.2 Å². The minimum atomic E-state index is -0.155. The number of halogens is 1. The number of carbonyl (C=O) groups is 1. The standard InChI is InChI=1S/C14H10ClN3O2S/c15-9-3-1-4-10(7-9)17-12(19)8-21-14-18-13-11(20-14)5-2-6-16-13/h1-7H,8H2,(H,17,19). The number of carbonyl (C=O) groups excluding carboxylic acids is 1. The van der Waals surface area contributed by atoms with E-state index in [4.69, 9.17) is 16.0 Å². The average molecular weight is 320 g/mol. The summed E-state index contributed by atoms with van der Waals surface area (Å²) in [6.45, 7) is 0. The molecule has 0 saturated carbocycles. The first kappa shape index (κ1) is 13.9. The molecule has 0 radical (unpaired) electrons. The number of oxazole rings is 1. The van der Waals surface area contributed by atoms with E-state index in [0.29, 0.717) is 27.2 Å². The van der Waals surface area contributed by atoms with Gasteiger partial charge in [-0.1, -0.05) is 29.4 Å². The quantitative estimate of drug-likeness (QED) is 0.744. The monoisotopic (exact) mass is 319 g/mol. The Morgan fingerprint density at radius 1 is 1.33 bits per heavy atom. The highest BCUT2D eigenvalue weighted by atomic mass is 35.5. The summed E-state index contributed by atoms with van der Waals surface area (Å²) < 4.78 is 5.48. The number of benzene rings is 1. The first-order valence-electron chi connectivity index (χ1n) is 6.10. The molecule has 1 N–H and O–H groups in total. The third kappa shape index (κ3) is 3.53. The number of rotatable bonds is 4. The molecule has 1 amide bonds. The van der Waals surface area contributed by atoms with Gasteiger partial charge in [0.15, 0.2) is 11.2 Å². The molecule has 7 heteroatoms. The number of nitrogens with one attached hydrogen (secondary N) is 1. The lowest BCUT2D eigenvalue weighted by atomic mass is 10.3. The zero-order valence-electron chi connectivity index (χ0n) is 10.7. The average Bonchev–Trinajstić information content (AvgIpc) is 2.88. The maximum atomic E-state index is 11.9. The molecular weight excluding hydrogens is 310 g/mol. The van der Waals surface area contributed by atoms with Crippen LogP contribution in [0.4, 0.5) is 5.69 Å². The molecule has 3 aromatic rings. The van der Waals surface area contributed by atoms with E-state index >= 15 is 0 Å². The number of anilines is 1. The summed E-state index contributed by atoms with van der Waals surface area (Å²) in [5, 5.41) is 3.75. The number of nitrogens with zero attached hydrogens (tertiary/aromatic N) is 2. The van der Waals surface area contributed by atoms with Crippen molar-refractivity contribution in [1.82, 2.24) is 9.97 Å². The molecule has 0 fully saturated rings. The minimum absolute atomic E-state index is 0.155. The number of hydrogen-bond donors (Lipinski definition) is 1. The Hall–Kier alpha value is -2.05. The lowest BCUT2D eigenvalue weighted by molar-refractivity contribution is -0.113. The number of pyridine rings is 1. The fourth-order valence-corrected chi connectivity index (χ4v) is 2.52. The van der Waals surface area contributed by atoms with Crippen LogP contribution in [-0.2, 0) is 4.79 Å². The SMILES string of the molecule is O=C(CSc1nc2ncccc2o1)Nc1cccc(Cl)c1. The molecule has 0 spiro atoms. The lowest BCUT2D eigenvalue weighted by Crippen LogP contribution is -2.13. The van der Waals surface area contributed by atoms with Crippen LogP contribution in [0.3, 0.4) is 0 Å². The highest BCUT2D eigenvalue weighted by Crippen LogP contribution is 2.22. The van der Waals surface area contributed by atoms with E-state index in [1.807, 2.05) is 0 Å². The highest BCUT2D eigenvalue weighted by Gasteiger charge is 2.10. The van der Waals surface area contributed by atoms with E-state index in [-0.39, 0.29) is 11.7 Å². The summed E-state index contributed by atoms with van der Waals surface area (Å²) in [7, 11) is 0. The van der Waals surface area contributed by atoms with Crippen molar-refractivity contribution in [3.8, 4) is 0 Å². The lowest BCUT2D eigenvalue weighted by Gasteiger charge is -2.03. The predicted molar refractivity (Wildman–Crippen MR) is 82.6 cm³/mol. The van der Waals surface area contributed by atoms with Gasteiger partial charge in [0.2, 0.25) is 5.91 Å². The Bertz CT molecular complexity index is 757. The second-order valence-corrected chi connectivity index (χ2v) is 5.52. The van der Waals surface area contributed by atoms with Crippen LogP contribution < -0.4 is 5.32 Å². The van der Waals surface area contributed by atoms with Gasteiger partial charge < -0.3 is 9.73 Å². The Kier molecular flexibility index (Phi) is 4.08. The molecular formula is C14H10ClN3O2S. The van der Waals surface area contributed by atoms with Crippen molar-refractivity contribution in [3.05, 3.63) is 47.6 Å². The molecule has 2 heterocycles. The molecule has 0 unspecified atom stereocenters. The van der Waals surface area contributed by atoms with E-state index in [1.165, 1.54) is 11.8 Å². The maximum absolute atomic E-state index is 11.9. The number of thioether (sulfide) groups is 1. The molecule has 21 heavy (non-hydrogen) atoms. The van der Waals surface area contributed by atoms with Gasteiger partial charge in [-0.2, -0.15) is 4.98 Å². The van der Waals surface area contributed by atoms with Gasteiger partial charge in [-0.3, -0.25) is 4.79 Å². The van der Waals surface area contributed by atoms with Gasteiger partial charge in [0.05, 0.1) is 5.75 Å². The van der Waals surface area contributed by atoms with E-state index < -0.39 is 0 Å². The summed E-state index contributed by atoms with van der Waals surface area (Å²) in [6.07, 6.45) is 1.64. The first-order chi connectivity index (χ1) is 10.2. The molecule has 0 bridgehead atoms. The molecule has 0 saturated heterocycles. The summed E-state index contributed by atoms with van der Waals surface area (Å²) in [6, 6.07) is 10.5. The smallest absolute Gasteiger partial charge is 0.258 e. The van der Waals surface area contributed by atoms with Crippen LogP contribution in [0, 0.1) is 0 Å². The number of amides is 1. The fraction of sp³-hybridized carbons (Fsp3) is 0.0714. The topological polar surface area (TPSA) is 68.0 Å². The zero-order valence-corrected chi connectivity index (χ0v) is 12.3. The number of hydrogen-bond acceptors (Lipinski definition) is 5. The molecule has 106 valence electrons. The molecule has 1 aromatic carbocycles. The van der Waals surface area contributed by atoms with E-state index in [1.54, 1.807) is 42.6 Å². The third-order valence-corrected chi connectivity index (χ3v) is 3.64. The number of aromatic nitrogens is 2. The van der Waals surface area contributed by atoms with Gasteiger partial charge >= 0.3 is 0 Å². The van der Waals surface area contributed by atoms with Crippen molar-refractivity contribution in [3.63, 3.8) is 0 Å². The Labute approximate surface area is 129 Å². The van der Waals surface area contributed by atoms with Gasteiger partial charge in [-0.15, -0.1) is 0 Å². The van der Waals surface area contributed by atoms with Crippen molar-refractivity contribution < 1.29 is 9.21 Å². The largest absolute Gasteiger partial charge is 0.430 e. The van der Waals surface area contributed by atoms with Crippen LogP contribution in [-0.4, -0.2) is 21.6 Å².